The SMILES string of the molecule is N[C@H]1CCc2ccc(OCC3CCCO3)cc2NC1=O. The molecule has 1 aromatic rings. The molecule has 3 N–H and O–H groups in total. The van der Waals surface area contributed by atoms with E-state index < -0.39 is 6.04 Å². The Morgan fingerprint density at radius 1 is 1.40 bits per heavy atom. The van der Waals surface area contributed by atoms with Crippen LogP contribution in [-0.4, -0.2) is 31.3 Å². The van der Waals surface area contributed by atoms with Gasteiger partial charge in [-0.3, -0.25) is 4.79 Å². The summed E-state index contributed by atoms with van der Waals surface area (Å²) in [6.45, 7) is 1.39. The molecule has 2 heterocycles. The summed E-state index contributed by atoms with van der Waals surface area (Å²) in [4.78, 5) is 11.8. The van der Waals surface area contributed by atoms with E-state index in [1.54, 1.807) is 0 Å². The summed E-state index contributed by atoms with van der Waals surface area (Å²) < 4.78 is 11.3. The van der Waals surface area contributed by atoms with E-state index in [2.05, 4.69) is 5.32 Å². The molecular weight excluding hydrogens is 256 g/mol. The van der Waals surface area contributed by atoms with Gasteiger partial charge in [0.2, 0.25) is 5.91 Å². The molecule has 1 amide bonds. The van der Waals surface area contributed by atoms with E-state index in [1.807, 2.05) is 18.2 Å². The van der Waals surface area contributed by atoms with Crippen molar-refractivity contribution in [1.82, 2.24) is 0 Å². The first-order chi connectivity index (χ1) is 9.72. The topological polar surface area (TPSA) is 73.6 Å². The molecule has 108 valence electrons. The zero-order valence-corrected chi connectivity index (χ0v) is 11.4. The zero-order chi connectivity index (χ0) is 13.9. The van der Waals surface area contributed by atoms with Crippen LogP contribution in [0.2, 0.25) is 0 Å². The highest BCUT2D eigenvalue weighted by atomic mass is 16.5. The number of carbonyl (C=O) groups is 1. The summed E-state index contributed by atoms with van der Waals surface area (Å²) in [6.07, 6.45) is 3.83. The van der Waals surface area contributed by atoms with Crippen LogP contribution in [0, 0.1) is 0 Å². The van der Waals surface area contributed by atoms with Gasteiger partial charge in [-0.2, -0.15) is 0 Å². The molecule has 1 unspecified atom stereocenters. The van der Waals surface area contributed by atoms with Gasteiger partial charge in [-0.25, -0.2) is 0 Å². The first kappa shape index (κ1) is 13.4. The van der Waals surface area contributed by atoms with Crippen LogP contribution in [0.3, 0.4) is 0 Å². The molecule has 2 aliphatic rings. The van der Waals surface area contributed by atoms with Crippen molar-refractivity contribution in [3.05, 3.63) is 23.8 Å². The normalized spacial score (nSPS) is 25.8. The van der Waals surface area contributed by atoms with Gasteiger partial charge in [0.1, 0.15) is 12.4 Å². The quantitative estimate of drug-likeness (QED) is 0.876. The molecule has 0 aromatic heterocycles. The van der Waals surface area contributed by atoms with Gasteiger partial charge in [0, 0.05) is 18.4 Å². The van der Waals surface area contributed by atoms with Crippen LogP contribution in [0.15, 0.2) is 18.2 Å². The third-order valence-electron chi connectivity index (χ3n) is 3.86. The highest BCUT2D eigenvalue weighted by Gasteiger charge is 2.21. The van der Waals surface area contributed by atoms with Crippen molar-refractivity contribution in [1.29, 1.82) is 0 Å². The maximum absolute atomic E-state index is 11.8. The predicted molar refractivity (Wildman–Crippen MR) is 75.8 cm³/mol. The third-order valence-corrected chi connectivity index (χ3v) is 3.86. The lowest BCUT2D eigenvalue weighted by Gasteiger charge is -2.13. The number of hydrogen-bond acceptors (Lipinski definition) is 4. The Morgan fingerprint density at radius 3 is 3.10 bits per heavy atom. The molecule has 5 nitrogen and oxygen atoms in total. The third kappa shape index (κ3) is 2.94. The Morgan fingerprint density at radius 2 is 2.30 bits per heavy atom. The van der Waals surface area contributed by atoms with Crippen molar-refractivity contribution in [2.45, 2.75) is 37.8 Å². The summed E-state index contributed by atoms with van der Waals surface area (Å²) in [5, 5.41) is 2.87. The summed E-state index contributed by atoms with van der Waals surface area (Å²) in [6, 6.07) is 5.38. The molecule has 1 fully saturated rings. The van der Waals surface area contributed by atoms with Gasteiger partial charge in [0.15, 0.2) is 0 Å². The molecule has 0 saturated carbocycles. The fourth-order valence-electron chi connectivity index (χ4n) is 2.61. The minimum absolute atomic E-state index is 0.125. The van der Waals surface area contributed by atoms with E-state index >= 15 is 0 Å². The van der Waals surface area contributed by atoms with Gasteiger partial charge in [-0.1, -0.05) is 6.07 Å². The number of aryl methyl sites for hydroxylation is 1. The summed E-state index contributed by atoms with van der Waals surface area (Å²) in [7, 11) is 0. The second kappa shape index (κ2) is 5.81. The molecule has 5 heteroatoms. The van der Waals surface area contributed by atoms with Gasteiger partial charge in [0.05, 0.1) is 12.1 Å². The van der Waals surface area contributed by atoms with Crippen LogP contribution >= 0.6 is 0 Å². The number of fused-ring (bicyclic) bond motifs is 1. The van der Waals surface area contributed by atoms with Gasteiger partial charge >= 0.3 is 0 Å². The Balaban J connectivity index is 1.68. The maximum Gasteiger partial charge on any atom is 0.241 e. The first-order valence-electron chi connectivity index (χ1n) is 7.16. The Hall–Kier alpha value is -1.59. The highest BCUT2D eigenvalue weighted by Crippen LogP contribution is 2.27. The van der Waals surface area contributed by atoms with Crippen molar-refractivity contribution in [2.24, 2.45) is 5.73 Å². The predicted octanol–water partition coefficient (Wildman–Crippen LogP) is 1.46. The molecule has 2 aliphatic heterocycles. The number of nitrogens with two attached hydrogens (primary N) is 1. The highest BCUT2D eigenvalue weighted by molar-refractivity contribution is 5.96. The lowest BCUT2D eigenvalue weighted by atomic mass is 10.1. The van der Waals surface area contributed by atoms with E-state index in [-0.39, 0.29) is 12.0 Å². The smallest absolute Gasteiger partial charge is 0.241 e. The number of nitrogens with one attached hydrogen (secondary N) is 1. The monoisotopic (exact) mass is 276 g/mol. The zero-order valence-electron chi connectivity index (χ0n) is 11.4. The second-order valence-corrected chi connectivity index (χ2v) is 5.40. The minimum Gasteiger partial charge on any atom is -0.491 e. The van der Waals surface area contributed by atoms with Crippen molar-refractivity contribution in [2.75, 3.05) is 18.5 Å². The summed E-state index contributed by atoms with van der Waals surface area (Å²) >= 11 is 0. The molecule has 0 bridgehead atoms. The second-order valence-electron chi connectivity index (χ2n) is 5.40. The summed E-state index contributed by atoms with van der Waals surface area (Å²) in [5.41, 5.74) is 7.70. The number of hydrogen-bond donors (Lipinski definition) is 2. The van der Waals surface area contributed by atoms with Crippen LogP contribution in [0.25, 0.3) is 0 Å². The van der Waals surface area contributed by atoms with E-state index in [9.17, 15) is 4.79 Å². The average molecular weight is 276 g/mol. The Bertz CT molecular complexity index is 498. The molecule has 1 saturated heterocycles. The van der Waals surface area contributed by atoms with Crippen LogP contribution in [-0.2, 0) is 16.0 Å². The van der Waals surface area contributed by atoms with Gasteiger partial charge in [-0.15, -0.1) is 0 Å². The summed E-state index contributed by atoms with van der Waals surface area (Å²) in [5.74, 6) is 0.634. The fourth-order valence-corrected chi connectivity index (χ4v) is 2.61. The van der Waals surface area contributed by atoms with Crippen LogP contribution in [0.1, 0.15) is 24.8 Å². The van der Waals surface area contributed by atoms with E-state index in [0.29, 0.717) is 13.0 Å². The molecule has 20 heavy (non-hydrogen) atoms. The molecular formula is C15H20N2O3. The van der Waals surface area contributed by atoms with Crippen LogP contribution in [0.4, 0.5) is 5.69 Å². The Kier molecular flexibility index (Phi) is 3.89. The minimum atomic E-state index is -0.432. The number of ether oxygens (including phenoxy) is 2. The fraction of sp³-hybridized carbons (Fsp3) is 0.533. The van der Waals surface area contributed by atoms with Gasteiger partial charge in [0.25, 0.3) is 0 Å². The molecule has 3 rings (SSSR count). The van der Waals surface area contributed by atoms with E-state index in [0.717, 1.165) is 42.9 Å². The first-order valence-corrected chi connectivity index (χ1v) is 7.16. The molecule has 0 radical (unpaired) electrons. The van der Waals surface area contributed by atoms with Crippen LogP contribution in [0.5, 0.6) is 5.75 Å². The van der Waals surface area contributed by atoms with Gasteiger partial charge in [-0.05, 0) is 37.3 Å². The van der Waals surface area contributed by atoms with Crippen molar-refractivity contribution in [3.63, 3.8) is 0 Å². The van der Waals surface area contributed by atoms with E-state index in [4.69, 9.17) is 15.2 Å². The number of carbonyl (C=O) groups excluding carboxylic acids is 1. The van der Waals surface area contributed by atoms with Crippen molar-refractivity contribution in [3.8, 4) is 5.75 Å². The maximum atomic E-state index is 11.8. The van der Waals surface area contributed by atoms with Gasteiger partial charge < -0.3 is 20.5 Å². The lowest BCUT2D eigenvalue weighted by molar-refractivity contribution is -0.117. The average Bonchev–Trinajstić information content (AvgIpc) is 2.92. The van der Waals surface area contributed by atoms with E-state index in [1.165, 1.54) is 0 Å². The number of benzene rings is 1. The standard InChI is InChI=1S/C15H20N2O3/c16-13-6-4-10-3-5-11(8-14(10)17-15(13)18)20-9-12-2-1-7-19-12/h3,5,8,12-13H,1-2,4,6-7,9,16H2,(H,17,18)/t12?,13-/m0/s1. The number of amides is 1. The number of rotatable bonds is 3. The van der Waals surface area contributed by atoms with Crippen molar-refractivity contribution < 1.29 is 14.3 Å². The molecule has 0 aliphatic carbocycles. The van der Waals surface area contributed by atoms with Crippen molar-refractivity contribution >= 4 is 11.6 Å². The van der Waals surface area contributed by atoms with Crippen LogP contribution < -0.4 is 15.8 Å². The lowest BCUT2D eigenvalue weighted by Crippen LogP contribution is -2.34. The Labute approximate surface area is 118 Å². The molecule has 1 aromatic carbocycles. The molecule has 0 spiro atoms. The number of anilines is 1. The molecule has 2 atom stereocenters. The largest absolute Gasteiger partial charge is 0.491 e.